The first-order valence-corrected chi connectivity index (χ1v) is 10.9. The first kappa shape index (κ1) is 22.9. The highest BCUT2D eigenvalue weighted by Crippen LogP contribution is 2.36. The van der Waals surface area contributed by atoms with Crippen molar-refractivity contribution in [3.63, 3.8) is 0 Å². The number of nitrogens with one attached hydrogen (secondary N) is 1. The van der Waals surface area contributed by atoms with Gasteiger partial charge in [-0.05, 0) is 85.3 Å². The van der Waals surface area contributed by atoms with Gasteiger partial charge in [-0.15, -0.1) is 0 Å². The third-order valence-corrected chi connectivity index (χ3v) is 6.04. The van der Waals surface area contributed by atoms with E-state index >= 15 is 0 Å². The van der Waals surface area contributed by atoms with Crippen LogP contribution in [0.15, 0.2) is 65.6 Å². The number of nitrogens with zero attached hydrogens (tertiary/aromatic N) is 1. The highest BCUT2D eigenvalue weighted by Gasteiger charge is 2.33. The number of alkyl halides is 3. The lowest BCUT2D eigenvalue weighted by Gasteiger charge is -2.14. The van der Waals surface area contributed by atoms with E-state index in [1.54, 1.807) is 49.4 Å². The molecule has 0 fully saturated rings. The summed E-state index contributed by atoms with van der Waals surface area (Å²) in [6.07, 6.45) is -4.26. The van der Waals surface area contributed by atoms with Gasteiger partial charge in [0.25, 0.3) is 0 Å². The van der Waals surface area contributed by atoms with Crippen molar-refractivity contribution in [2.45, 2.75) is 31.3 Å². The van der Waals surface area contributed by atoms with E-state index < -0.39 is 17.6 Å². The molecule has 1 aromatic heterocycles. The van der Waals surface area contributed by atoms with Gasteiger partial charge in [0.15, 0.2) is 0 Å². The minimum Gasteiger partial charge on any atom is -0.507 e. The number of aromatic nitrogens is 1. The molecule has 0 aliphatic heterocycles. The summed E-state index contributed by atoms with van der Waals surface area (Å²) in [6, 6.07) is 15.5. The molecule has 0 saturated heterocycles. The molecular formula is C25H20F4N2OS. The predicted octanol–water partition coefficient (Wildman–Crippen LogP) is 7.43. The number of aromatic hydroxyl groups is 1. The Morgan fingerprint density at radius 3 is 2.52 bits per heavy atom. The number of aryl methyl sites for hydroxylation is 2. The van der Waals surface area contributed by atoms with Gasteiger partial charge in [0.05, 0.1) is 21.7 Å². The molecule has 0 amide bonds. The van der Waals surface area contributed by atoms with Crippen molar-refractivity contribution in [1.29, 1.82) is 0 Å². The number of hydrogen-bond donors (Lipinski definition) is 2. The van der Waals surface area contributed by atoms with Crippen LogP contribution in [0, 0.1) is 19.7 Å². The third-order valence-electron chi connectivity index (χ3n) is 5.17. The molecule has 2 N–H and O–H groups in total. The second-order valence-corrected chi connectivity index (χ2v) is 8.64. The van der Waals surface area contributed by atoms with Crippen molar-refractivity contribution < 1.29 is 22.7 Å². The molecule has 3 nitrogen and oxygen atoms in total. The van der Waals surface area contributed by atoms with Crippen LogP contribution in [0.1, 0.15) is 27.9 Å². The van der Waals surface area contributed by atoms with E-state index in [1.807, 2.05) is 6.92 Å². The number of pyridine rings is 1. The largest absolute Gasteiger partial charge is 0.507 e. The van der Waals surface area contributed by atoms with E-state index in [9.17, 15) is 22.7 Å². The van der Waals surface area contributed by atoms with Crippen LogP contribution in [0.3, 0.4) is 0 Å². The van der Waals surface area contributed by atoms with Crippen LogP contribution in [0.5, 0.6) is 5.75 Å². The van der Waals surface area contributed by atoms with Gasteiger partial charge in [0, 0.05) is 11.1 Å². The summed E-state index contributed by atoms with van der Waals surface area (Å²) in [7, 11) is 0. The SMILES string of the molecule is Cc1ccc(O)c(SNc2ccc(Cc3cc(C)nc4c(C(F)(F)F)cccc34)cc2F)c1. The fraction of sp³-hybridized carbons (Fsp3) is 0.160. The second-order valence-electron chi connectivity index (χ2n) is 7.79. The van der Waals surface area contributed by atoms with Gasteiger partial charge in [0.2, 0.25) is 0 Å². The Labute approximate surface area is 192 Å². The highest BCUT2D eigenvalue weighted by atomic mass is 32.2. The summed E-state index contributed by atoms with van der Waals surface area (Å²) in [6.45, 7) is 3.53. The van der Waals surface area contributed by atoms with Crippen LogP contribution in [0.25, 0.3) is 10.9 Å². The van der Waals surface area contributed by atoms with Crippen molar-refractivity contribution in [2.75, 3.05) is 4.72 Å². The van der Waals surface area contributed by atoms with Gasteiger partial charge in [-0.1, -0.05) is 24.3 Å². The lowest BCUT2D eigenvalue weighted by Crippen LogP contribution is -2.07. The fourth-order valence-electron chi connectivity index (χ4n) is 3.62. The van der Waals surface area contributed by atoms with Gasteiger partial charge in [-0.25, -0.2) is 4.39 Å². The molecule has 33 heavy (non-hydrogen) atoms. The molecule has 0 aliphatic carbocycles. The Kier molecular flexibility index (Phi) is 6.21. The zero-order chi connectivity index (χ0) is 23.8. The summed E-state index contributed by atoms with van der Waals surface area (Å²) in [5, 5.41) is 10.3. The number of rotatable bonds is 5. The van der Waals surface area contributed by atoms with Gasteiger partial charge in [-0.2, -0.15) is 13.2 Å². The monoisotopic (exact) mass is 472 g/mol. The summed E-state index contributed by atoms with van der Waals surface area (Å²) < 4.78 is 57.9. The Hall–Kier alpha value is -3.26. The van der Waals surface area contributed by atoms with Crippen molar-refractivity contribution in [2.24, 2.45) is 0 Å². The minimum atomic E-state index is -4.51. The van der Waals surface area contributed by atoms with Gasteiger partial charge >= 0.3 is 6.18 Å². The van der Waals surface area contributed by atoms with Crippen molar-refractivity contribution >= 4 is 28.5 Å². The number of para-hydroxylation sites is 1. The maximum absolute atomic E-state index is 14.7. The van der Waals surface area contributed by atoms with Gasteiger partial charge in [-0.3, -0.25) is 4.98 Å². The van der Waals surface area contributed by atoms with Crippen LogP contribution in [0.2, 0.25) is 0 Å². The quantitative estimate of drug-likeness (QED) is 0.234. The summed E-state index contributed by atoms with van der Waals surface area (Å²) in [5.41, 5.74) is 2.03. The van der Waals surface area contributed by atoms with E-state index in [-0.39, 0.29) is 23.4 Å². The summed E-state index contributed by atoms with van der Waals surface area (Å²) in [5.74, 6) is -0.411. The van der Waals surface area contributed by atoms with Crippen molar-refractivity contribution in [1.82, 2.24) is 4.98 Å². The standard InChI is InChI=1S/C25H20F4N2OS/c1-14-6-9-22(32)23(10-14)33-31-21-8-7-16(13-20(21)26)12-17-11-15(2)30-24-18(17)4-3-5-19(24)25(27,28)29/h3-11,13,31-32H,12H2,1-2H3. The molecule has 0 bridgehead atoms. The lowest BCUT2D eigenvalue weighted by molar-refractivity contribution is -0.136. The highest BCUT2D eigenvalue weighted by molar-refractivity contribution is 8.00. The Morgan fingerprint density at radius 2 is 1.79 bits per heavy atom. The molecule has 0 atom stereocenters. The maximum Gasteiger partial charge on any atom is 0.418 e. The number of phenolic OH excluding ortho intramolecular Hbond substituents is 1. The normalized spacial score (nSPS) is 11.7. The van der Waals surface area contributed by atoms with E-state index in [0.29, 0.717) is 27.1 Å². The zero-order valence-electron chi connectivity index (χ0n) is 17.8. The molecule has 170 valence electrons. The first-order valence-electron chi connectivity index (χ1n) is 10.1. The van der Waals surface area contributed by atoms with Crippen molar-refractivity contribution in [3.8, 4) is 5.75 Å². The average Bonchev–Trinajstić information content (AvgIpc) is 2.74. The maximum atomic E-state index is 14.7. The van der Waals surface area contributed by atoms with E-state index in [0.717, 1.165) is 23.6 Å². The number of halogens is 4. The number of phenols is 1. The van der Waals surface area contributed by atoms with Crippen LogP contribution < -0.4 is 4.72 Å². The molecule has 3 aromatic carbocycles. The molecule has 4 rings (SSSR count). The molecule has 0 unspecified atom stereocenters. The van der Waals surface area contributed by atoms with Gasteiger partial charge < -0.3 is 9.83 Å². The van der Waals surface area contributed by atoms with Crippen LogP contribution in [-0.4, -0.2) is 10.1 Å². The van der Waals surface area contributed by atoms with Crippen LogP contribution in [0.4, 0.5) is 23.2 Å². The topological polar surface area (TPSA) is 45.1 Å². The minimum absolute atomic E-state index is 0.0910. The third kappa shape index (κ3) is 5.06. The first-order chi connectivity index (χ1) is 15.6. The molecule has 8 heteroatoms. The lowest BCUT2D eigenvalue weighted by atomic mass is 9.98. The van der Waals surface area contributed by atoms with Crippen LogP contribution in [-0.2, 0) is 12.6 Å². The van der Waals surface area contributed by atoms with E-state index in [1.165, 1.54) is 12.1 Å². The van der Waals surface area contributed by atoms with Gasteiger partial charge in [0.1, 0.15) is 11.6 Å². The zero-order valence-corrected chi connectivity index (χ0v) is 18.6. The number of fused-ring (bicyclic) bond motifs is 1. The predicted molar refractivity (Wildman–Crippen MR) is 123 cm³/mol. The van der Waals surface area contributed by atoms with Crippen LogP contribution >= 0.6 is 11.9 Å². The number of hydrogen-bond acceptors (Lipinski definition) is 4. The fourth-order valence-corrected chi connectivity index (χ4v) is 4.42. The van der Waals surface area contributed by atoms with E-state index in [4.69, 9.17) is 0 Å². The second kappa shape index (κ2) is 8.94. The molecule has 1 heterocycles. The smallest absolute Gasteiger partial charge is 0.418 e. The molecular weight excluding hydrogens is 452 g/mol. The Morgan fingerprint density at radius 1 is 1.00 bits per heavy atom. The molecule has 0 radical (unpaired) electrons. The Balaban J connectivity index is 1.60. The number of anilines is 1. The Bertz CT molecular complexity index is 1340. The number of benzene rings is 3. The molecule has 0 spiro atoms. The average molecular weight is 473 g/mol. The summed E-state index contributed by atoms with van der Waals surface area (Å²) >= 11 is 1.09. The molecule has 0 saturated carbocycles. The van der Waals surface area contributed by atoms with E-state index in [2.05, 4.69) is 9.71 Å². The van der Waals surface area contributed by atoms with Crippen molar-refractivity contribution in [3.05, 3.63) is 94.4 Å². The summed E-state index contributed by atoms with van der Waals surface area (Å²) in [4.78, 5) is 4.68. The molecule has 0 aliphatic rings. The molecule has 4 aromatic rings.